The van der Waals surface area contributed by atoms with Crippen LogP contribution in [0.15, 0.2) is 24.3 Å². The molecule has 0 aromatic heterocycles. The molecule has 2 rings (SSSR count). The average Bonchev–Trinajstić information content (AvgIpc) is 2.99. The summed E-state index contributed by atoms with van der Waals surface area (Å²) in [6.45, 7) is 7.03. The molecule has 116 valence electrons. The molecule has 0 saturated carbocycles. The molecule has 4 nitrogen and oxygen atoms in total. The predicted octanol–water partition coefficient (Wildman–Crippen LogP) is 2.43. The van der Waals surface area contributed by atoms with Crippen LogP contribution < -0.4 is 10.1 Å². The van der Waals surface area contributed by atoms with E-state index in [2.05, 4.69) is 12.2 Å². The maximum absolute atomic E-state index is 12.8. The Balaban J connectivity index is 2.10. The molecule has 1 fully saturated rings. The van der Waals surface area contributed by atoms with Crippen LogP contribution in [0, 0.1) is 5.41 Å². The minimum atomic E-state index is -0.227. The topological polar surface area (TPSA) is 41.6 Å². The van der Waals surface area contributed by atoms with E-state index < -0.39 is 0 Å². The Kier molecular flexibility index (Phi) is 5.23. The van der Waals surface area contributed by atoms with Gasteiger partial charge in [-0.2, -0.15) is 0 Å². The summed E-state index contributed by atoms with van der Waals surface area (Å²) in [4.78, 5) is 14.7. The second-order valence-corrected chi connectivity index (χ2v) is 5.76. The van der Waals surface area contributed by atoms with Gasteiger partial charge in [-0.15, -0.1) is 0 Å². The predicted molar refractivity (Wildman–Crippen MR) is 84.3 cm³/mol. The van der Waals surface area contributed by atoms with Crippen molar-refractivity contribution in [3.8, 4) is 5.75 Å². The number of hydrogen-bond donors (Lipinski definition) is 1. The van der Waals surface area contributed by atoms with E-state index in [4.69, 9.17) is 4.74 Å². The molecule has 1 aliphatic rings. The summed E-state index contributed by atoms with van der Waals surface area (Å²) < 4.78 is 5.64. The molecule has 1 heterocycles. The number of amides is 1. The van der Waals surface area contributed by atoms with Crippen molar-refractivity contribution in [2.24, 2.45) is 5.41 Å². The van der Waals surface area contributed by atoms with E-state index in [1.54, 1.807) is 0 Å². The van der Waals surface area contributed by atoms with E-state index in [0.29, 0.717) is 13.2 Å². The first kappa shape index (κ1) is 15.8. The van der Waals surface area contributed by atoms with Crippen molar-refractivity contribution in [1.82, 2.24) is 10.2 Å². The summed E-state index contributed by atoms with van der Waals surface area (Å²) in [6, 6.07) is 7.94. The molecule has 0 spiro atoms. The van der Waals surface area contributed by atoms with Gasteiger partial charge in [0.1, 0.15) is 5.75 Å². The number of ether oxygens (including phenoxy) is 1. The van der Waals surface area contributed by atoms with E-state index in [-0.39, 0.29) is 11.3 Å². The van der Waals surface area contributed by atoms with Gasteiger partial charge in [0.15, 0.2) is 0 Å². The lowest BCUT2D eigenvalue weighted by atomic mass is 9.82. The maximum Gasteiger partial charge on any atom is 0.230 e. The van der Waals surface area contributed by atoms with E-state index in [1.807, 2.05) is 43.1 Å². The van der Waals surface area contributed by atoms with Crippen LogP contribution in [0.5, 0.6) is 5.75 Å². The summed E-state index contributed by atoms with van der Waals surface area (Å²) in [5, 5.41) is 3.32. The number of hydrogen-bond acceptors (Lipinski definition) is 3. The highest BCUT2D eigenvalue weighted by Crippen LogP contribution is 2.32. The van der Waals surface area contributed by atoms with Crippen LogP contribution in [-0.2, 0) is 11.3 Å². The van der Waals surface area contributed by atoms with Gasteiger partial charge >= 0.3 is 0 Å². The highest BCUT2D eigenvalue weighted by molar-refractivity contribution is 5.83. The highest BCUT2D eigenvalue weighted by Gasteiger charge is 2.41. The van der Waals surface area contributed by atoms with Gasteiger partial charge in [0.25, 0.3) is 0 Å². The first-order chi connectivity index (χ1) is 10.1. The Morgan fingerprint density at radius 3 is 2.76 bits per heavy atom. The lowest BCUT2D eigenvalue weighted by molar-refractivity contribution is -0.140. The second-order valence-electron chi connectivity index (χ2n) is 5.76. The monoisotopic (exact) mass is 290 g/mol. The zero-order valence-electron chi connectivity index (χ0n) is 13.3. The number of carbonyl (C=O) groups excluding carboxylic acids is 1. The summed E-state index contributed by atoms with van der Waals surface area (Å²) in [5.74, 6) is 1.11. The lowest BCUT2D eigenvalue weighted by Crippen LogP contribution is -2.42. The first-order valence-electron chi connectivity index (χ1n) is 7.80. The highest BCUT2D eigenvalue weighted by atomic mass is 16.5. The lowest BCUT2D eigenvalue weighted by Gasteiger charge is -2.31. The van der Waals surface area contributed by atoms with Gasteiger partial charge in [0.05, 0.1) is 12.0 Å². The number of rotatable bonds is 6. The smallest absolute Gasteiger partial charge is 0.230 e. The first-order valence-corrected chi connectivity index (χ1v) is 7.80. The molecule has 1 unspecified atom stereocenters. The Bertz CT molecular complexity index is 481. The van der Waals surface area contributed by atoms with Crippen molar-refractivity contribution in [2.45, 2.75) is 33.2 Å². The molecule has 1 saturated heterocycles. The number of para-hydroxylation sites is 1. The van der Waals surface area contributed by atoms with Gasteiger partial charge in [-0.25, -0.2) is 0 Å². The fraction of sp³-hybridized carbons (Fsp3) is 0.588. The molecule has 1 N–H and O–H groups in total. The third-order valence-corrected chi connectivity index (χ3v) is 4.40. The van der Waals surface area contributed by atoms with Crippen molar-refractivity contribution in [1.29, 1.82) is 0 Å². The van der Waals surface area contributed by atoms with Crippen LogP contribution in [0.1, 0.15) is 32.3 Å². The standard InChI is InChI=1S/C17H26N2O2/c1-4-17(10-11-18-13-17)16(20)19(3)12-14-8-6-7-9-15(14)21-5-2/h6-9,18H,4-5,10-13H2,1-3H3. The van der Waals surface area contributed by atoms with Crippen molar-refractivity contribution >= 4 is 5.91 Å². The van der Waals surface area contributed by atoms with Crippen LogP contribution in [-0.4, -0.2) is 37.6 Å². The summed E-state index contributed by atoms with van der Waals surface area (Å²) in [5.41, 5.74) is 0.836. The Hall–Kier alpha value is -1.55. The Morgan fingerprint density at radius 2 is 2.14 bits per heavy atom. The van der Waals surface area contributed by atoms with Crippen molar-refractivity contribution < 1.29 is 9.53 Å². The molecular formula is C17H26N2O2. The van der Waals surface area contributed by atoms with E-state index in [0.717, 1.165) is 37.2 Å². The minimum Gasteiger partial charge on any atom is -0.494 e. The second kappa shape index (κ2) is 6.94. The molecule has 4 heteroatoms. The molecule has 1 atom stereocenters. The van der Waals surface area contributed by atoms with Crippen molar-refractivity contribution in [2.75, 3.05) is 26.7 Å². The van der Waals surface area contributed by atoms with Gasteiger partial charge in [-0.05, 0) is 32.4 Å². The van der Waals surface area contributed by atoms with E-state index in [1.165, 1.54) is 0 Å². The molecular weight excluding hydrogens is 264 g/mol. The third-order valence-electron chi connectivity index (χ3n) is 4.40. The molecule has 1 aliphatic heterocycles. The molecule has 1 aromatic carbocycles. The number of carbonyl (C=O) groups is 1. The Labute approximate surface area is 127 Å². The largest absolute Gasteiger partial charge is 0.494 e. The normalized spacial score (nSPS) is 21.3. The number of nitrogens with one attached hydrogen (secondary N) is 1. The van der Waals surface area contributed by atoms with Crippen LogP contribution in [0.3, 0.4) is 0 Å². The van der Waals surface area contributed by atoms with Crippen molar-refractivity contribution in [3.63, 3.8) is 0 Å². The molecule has 21 heavy (non-hydrogen) atoms. The van der Waals surface area contributed by atoms with Gasteiger partial charge in [0.2, 0.25) is 5.91 Å². The summed E-state index contributed by atoms with van der Waals surface area (Å²) in [6.07, 6.45) is 1.82. The summed E-state index contributed by atoms with van der Waals surface area (Å²) in [7, 11) is 1.89. The van der Waals surface area contributed by atoms with Crippen LogP contribution in [0.25, 0.3) is 0 Å². The third kappa shape index (κ3) is 3.38. The van der Waals surface area contributed by atoms with Crippen molar-refractivity contribution in [3.05, 3.63) is 29.8 Å². The van der Waals surface area contributed by atoms with Gasteiger partial charge < -0.3 is 15.0 Å². The van der Waals surface area contributed by atoms with Crippen LogP contribution in [0.4, 0.5) is 0 Å². The number of nitrogens with zero attached hydrogens (tertiary/aromatic N) is 1. The minimum absolute atomic E-state index is 0.227. The molecule has 1 aromatic rings. The zero-order chi connectivity index (χ0) is 15.3. The fourth-order valence-corrected chi connectivity index (χ4v) is 3.04. The zero-order valence-corrected chi connectivity index (χ0v) is 13.3. The Morgan fingerprint density at radius 1 is 1.38 bits per heavy atom. The average molecular weight is 290 g/mol. The summed E-state index contributed by atoms with van der Waals surface area (Å²) >= 11 is 0. The fourth-order valence-electron chi connectivity index (χ4n) is 3.04. The van der Waals surface area contributed by atoms with Crippen LogP contribution >= 0.6 is 0 Å². The molecule has 0 bridgehead atoms. The maximum atomic E-state index is 12.8. The van der Waals surface area contributed by atoms with E-state index >= 15 is 0 Å². The quantitative estimate of drug-likeness (QED) is 0.875. The molecule has 0 radical (unpaired) electrons. The SMILES string of the molecule is CCOc1ccccc1CN(C)C(=O)C1(CC)CCNC1. The van der Waals surface area contributed by atoms with Crippen LogP contribution in [0.2, 0.25) is 0 Å². The molecule has 1 amide bonds. The van der Waals surface area contributed by atoms with Gasteiger partial charge in [-0.3, -0.25) is 4.79 Å². The number of benzene rings is 1. The van der Waals surface area contributed by atoms with Gasteiger partial charge in [-0.1, -0.05) is 25.1 Å². The molecule has 0 aliphatic carbocycles. The van der Waals surface area contributed by atoms with Gasteiger partial charge in [0, 0.05) is 25.7 Å². The van der Waals surface area contributed by atoms with E-state index in [9.17, 15) is 4.79 Å².